The molecular formula is C13H24N2O3. The average Bonchev–Trinajstić information content (AvgIpc) is 2.38. The minimum atomic E-state index is -0.734. The van der Waals surface area contributed by atoms with Gasteiger partial charge in [-0.2, -0.15) is 0 Å². The van der Waals surface area contributed by atoms with E-state index in [4.69, 9.17) is 10.8 Å². The maximum absolute atomic E-state index is 12.1. The van der Waals surface area contributed by atoms with Gasteiger partial charge in [-0.25, -0.2) is 0 Å². The first-order valence-corrected chi connectivity index (χ1v) is 6.79. The van der Waals surface area contributed by atoms with Crippen molar-refractivity contribution in [2.45, 2.75) is 39.0 Å². The number of carbonyl (C=O) groups is 2. The Bertz CT molecular complexity index is 282. The van der Waals surface area contributed by atoms with Gasteiger partial charge in [-0.3, -0.25) is 9.59 Å². The summed E-state index contributed by atoms with van der Waals surface area (Å²) in [6, 6.07) is 0. The summed E-state index contributed by atoms with van der Waals surface area (Å²) in [7, 11) is 0. The van der Waals surface area contributed by atoms with Crippen LogP contribution in [0.2, 0.25) is 0 Å². The molecule has 1 saturated heterocycles. The third-order valence-corrected chi connectivity index (χ3v) is 3.82. The topological polar surface area (TPSA) is 83.6 Å². The molecule has 0 aromatic rings. The molecule has 1 atom stereocenters. The fraction of sp³-hybridized carbons (Fsp3) is 0.846. The number of carbonyl (C=O) groups excluding carboxylic acids is 1. The Morgan fingerprint density at radius 3 is 2.44 bits per heavy atom. The molecule has 0 aromatic carbocycles. The molecule has 1 fully saturated rings. The van der Waals surface area contributed by atoms with E-state index < -0.39 is 5.97 Å². The summed E-state index contributed by atoms with van der Waals surface area (Å²) in [6.45, 7) is 3.89. The maximum atomic E-state index is 12.1. The van der Waals surface area contributed by atoms with Crippen molar-refractivity contribution in [3.05, 3.63) is 0 Å². The number of likely N-dealkylation sites (tertiary alicyclic amines) is 1. The SMILES string of the molecule is CCC(CN)C(=O)N1CCC(CCC(=O)O)CC1. The number of nitrogens with zero attached hydrogens (tertiary/aromatic N) is 1. The third-order valence-electron chi connectivity index (χ3n) is 3.82. The summed E-state index contributed by atoms with van der Waals surface area (Å²) in [5, 5.41) is 8.64. The quantitative estimate of drug-likeness (QED) is 0.744. The highest BCUT2D eigenvalue weighted by Crippen LogP contribution is 2.23. The summed E-state index contributed by atoms with van der Waals surface area (Å²) < 4.78 is 0. The zero-order valence-corrected chi connectivity index (χ0v) is 11.1. The molecule has 5 heteroatoms. The van der Waals surface area contributed by atoms with E-state index in [1.54, 1.807) is 0 Å². The molecule has 3 N–H and O–H groups in total. The standard InChI is InChI=1S/C13H24N2O3/c1-2-11(9-14)13(18)15-7-5-10(6-8-15)3-4-12(16)17/h10-11H,2-9,14H2,1H3,(H,16,17). The Kier molecular flexibility index (Phi) is 6.12. The molecule has 104 valence electrons. The normalized spacial score (nSPS) is 18.7. The van der Waals surface area contributed by atoms with Gasteiger partial charge in [-0.05, 0) is 31.6 Å². The van der Waals surface area contributed by atoms with Crippen molar-refractivity contribution in [3.63, 3.8) is 0 Å². The van der Waals surface area contributed by atoms with E-state index in [-0.39, 0.29) is 18.2 Å². The highest BCUT2D eigenvalue weighted by atomic mass is 16.4. The van der Waals surface area contributed by atoms with Crippen LogP contribution in [0.3, 0.4) is 0 Å². The number of nitrogens with two attached hydrogens (primary N) is 1. The van der Waals surface area contributed by atoms with Gasteiger partial charge >= 0.3 is 5.97 Å². The number of rotatable bonds is 6. The Hall–Kier alpha value is -1.10. The van der Waals surface area contributed by atoms with Crippen LogP contribution in [0.25, 0.3) is 0 Å². The van der Waals surface area contributed by atoms with E-state index in [1.165, 1.54) is 0 Å². The number of hydrogen-bond donors (Lipinski definition) is 2. The van der Waals surface area contributed by atoms with Gasteiger partial charge < -0.3 is 15.7 Å². The van der Waals surface area contributed by atoms with E-state index in [0.29, 0.717) is 12.5 Å². The zero-order valence-electron chi connectivity index (χ0n) is 11.1. The van der Waals surface area contributed by atoms with Crippen molar-refractivity contribution in [2.75, 3.05) is 19.6 Å². The lowest BCUT2D eigenvalue weighted by molar-refractivity contribution is -0.139. The van der Waals surface area contributed by atoms with E-state index >= 15 is 0 Å². The van der Waals surface area contributed by atoms with Crippen molar-refractivity contribution in [2.24, 2.45) is 17.6 Å². The molecule has 0 aromatic heterocycles. The van der Waals surface area contributed by atoms with Gasteiger partial charge in [-0.15, -0.1) is 0 Å². The van der Waals surface area contributed by atoms with E-state index in [2.05, 4.69) is 0 Å². The minimum Gasteiger partial charge on any atom is -0.481 e. The van der Waals surface area contributed by atoms with E-state index in [9.17, 15) is 9.59 Å². The van der Waals surface area contributed by atoms with Crippen LogP contribution in [-0.2, 0) is 9.59 Å². The molecule has 0 spiro atoms. The molecule has 0 bridgehead atoms. The predicted molar refractivity (Wildman–Crippen MR) is 69.0 cm³/mol. The second-order valence-corrected chi connectivity index (χ2v) is 5.04. The van der Waals surface area contributed by atoms with Gasteiger partial charge in [-0.1, -0.05) is 6.92 Å². The zero-order chi connectivity index (χ0) is 13.5. The molecular weight excluding hydrogens is 232 g/mol. The lowest BCUT2D eigenvalue weighted by atomic mass is 9.91. The molecule has 1 unspecified atom stereocenters. The van der Waals surface area contributed by atoms with Gasteiger partial charge in [0.1, 0.15) is 0 Å². The Balaban J connectivity index is 2.34. The molecule has 1 rings (SSSR count). The summed E-state index contributed by atoms with van der Waals surface area (Å²) in [5.74, 6) is -0.178. The molecule has 0 aliphatic carbocycles. The van der Waals surface area contributed by atoms with Crippen molar-refractivity contribution in [1.82, 2.24) is 4.90 Å². The van der Waals surface area contributed by atoms with Crippen LogP contribution < -0.4 is 5.73 Å². The second kappa shape index (κ2) is 7.36. The number of aliphatic carboxylic acids is 1. The van der Waals surface area contributed by atoms with Gasteiger partial charge in [0.2, 0.25) is 5.91 Å². The third kappa shape index (κ3) is 4.29. The second-order valence-electron chi connectivity index (χ2n) is 5.04. The van der Waals surface area contributed by atoms with Crippen LogP contribution in [0, 0.1) is 11.8 Å². The van der Waals surface area contributed by atoms with Gasteiger partial charge in [0.05, 0.1) is 5.92 Å². The molecule has 0 saturated carbocycles. The summed E-state index contributed by atoms with van der Waals surface area (Å²) in [5.41, 5.74) is 5.59. The number of carboxylic acids is 1. The summed E-state index contributed by atoms with van der Waals surface area (Å²) in [6.07, 6.45) is 3.58. The largest absolute Gasteiger partial charge is 0.481 e. The monoisotopic (exact) mass is 256 g/mol. The van der Waals surface area contributed by atoms with Crippen LogP contribution in [0.15, 0.2) is 0 Å². The van der Waals surface area contributed by atoms with Crippen molar-refractivity contribution >= 4 is 11.9 Å². The summed E-state index contributed by atoms with van der Waals surface area (Å²) in [4.78, 5) is 24.5. The molecule has 1 heterocycles. The smallest absolute Gasteiger partial charge is 0.303 e. The van der Waals surface area contributed by atoms with Crippen LogP contribution in [0.4, 0.5) is 0 Å². The highest BCUT2D eigenvalue weighted by molar-refractivity contribution is 5.79. The van der Waals surface area contributed by atoms with Crippen LogP contribution in [0.5, 0.6) is 0 Å². The first kappa shape index (κ1) is 15.0. The van der Waals surface area contributed by atoms with Crippen LogP contribution >= 0.6 is 0 Å². The fourth-order valence-electron chi connectivity index (χ4n) is 2.47. The number of amides is 1. The Morgan fingerprint density at radius 2 is 2.00 bits per heavy atom. The lowest BCUT2D eigenvalue weighted by Crippen LogP contribution is -2.43. The molecule has 1 amide bonds. The number of hydrogen-bond acceptors (Lipinski definition) is 3. The first-order valence-electron chi connectivity index (χ1n) is 6.79. The fourth-order valence-corrected chi connectivity index (χ4v) is 2.47. The van der Waals surface area contributed by atoms with E-state index in [1.807, 2.05) is 11.8 Å². The van der Waals surface area contributed by atoms with Gasteiger partial charge in [0.25, 0.3) is 0 Å². The van der Waals surface area contributed by atoms with Gasteiger partial charge in [0.15, 0.2) is 0 Å². The molecule has 5 nitrogen and oxygen atoms in total. The Morgan fingerprint density at radius 1 is 1.39 bits per heavy atom. The number of piperidine rings is 1. The molecule has 1 aliphatic rings. The van der Waals surface area contributed by atoms with Gasteiger partial charge in [0, 0.05) is 26.1 Å². The Labute approximate surface area is 108 Å². The van der Waals surface area contributed by atoms with E-state index in [0.717, 1.165) is 38.8 Å². The van der Waals surface area contributed by atoms with Crippen molar-refractivity contribution < 1.29 is 14.7 Å². The molecule has 18 heavy (non-hydrogen) atoms. The molecule has 0 radical (unpaired) electrons. The maximum Gasteiger partial charge on any atom is 0.303 e. The van der Waals surface area contributed by atoms with Crippen LogP contribution in [-0.4, -0.2) is 41.5 Å². The lowest BCUT2D eigenvalue weighted by Gasteiger charge is -2.33. The summed E-state index contributed by atoms with van der Waals surface area (Å²) >= 11 is 0. The molecule has 1 aliphatic heterocycles. The van der Waals surface area contributed by atoms with Crippen molar-refractivity contribution in [3.8, 4) is 0 Å². The first-order chi connectivity index (χ1) is 8.58. The van der Waals surface area contributed by atoms with Crippen molar-refractivity contribution in [1.29, 1.82) is 0 Å². The number of carboxylic acid groups (broad SMARTS) is 1. The highest BCUT2D eigenvalue weighted by Gasteiger charge is 2.26. The minimum absolute atomic E-state index is 0.0550. The predicted octanol–water partition coefficient (Wildman–Crippen LogP) is 1.07. The van der Waals surface area contributed by atoms with Crippen LogP contribution in [0.1, 0.15) is 39.0 Å². The average molecular weight is 256 g/mol.